The third-order valence-electron chi connectivity index (χ3n) is 1.54. The second-order valence-corrected chi connectivity index (χ2v) is 2.89. The van der Waals surface area contributed by atoms with Gasteiger partial charge in [0.25, 0.3) is 6.43 Å². The molecule has 0 aliphatic heterocycles. The zero-order chi connectivity index (χ0) is 11.6. The highest BCUT2D eigenvalue weighted by Crippen LogP contribution is 2.26. The smallest absolute Gasteiger partial charge is 0.356 e. The summed E-state index contributed by atoms with van der Waals surface area (Å²) in [5, 5.41) is -0.597. The molecule has 15 heavy (non-hydrogen) atoms. The van der Waals surface area contributed by atoms with Crippen molar-refractivity contribution in [3.63, 3.8) is 0 Å². The Hall–Kier alpha value is -1.30. The zero-order valence-corrected chi connectivity index (χ0v) is 8.19. The maximum absolute atomic E-state index is 13.0. The molecule has 0 saturated carbocycles. The van der Waals surface area contributed by atoms with Gasteiger partial charge < -0.3 is 4.74 Å². The van der Waals surface area contributed by atoms with Crippen LogP contribution in [0, 0.1) is 5.82 Å². The molecule has 0 saturated heterocycles. The Morgan fingerprint density at radius 2 is 2.20 bits per heavy atom. The molecular weight excluding hydrogens is 235 g/mol. The first-order valence-electron chi connectivity index (χ1n) is 3.69. The number of hydrogen-bond acceptors (Lipinski definition) is 3. The van der Waals surface area contributed by atoms with Crippen LogP contribution in [-0.4, -0.2) is 18.1 Å². The molecule has 1 rings (SSSR count). The zero-order valence-electron chi connectivity index (χ0n) is 7.43. The summed E-state index contributed by atoms with van der Waals surface area (Å²) in [4.78, 5) is 14.1. The van der Waals surface area contributed by atoms with Gasteiger partial charge in [-0.3, -0.25) is 0 Å². The summed E-state index contributed by atoms with van der Waals surface area (Å²) in [5.41, 5.74) is -1.62. The van der Waals surface area contributed by atoms with Crippen LogP contribution in [0.3, 0.4) is 0 Å². The molecular formula is C8H5ClF3NO2. The second-order valence-electron chi connectivity index (χ2n) is 2.48. The second kappa shape index (κ2) is 4.48. The Morgan fingerprint density at radius 1 is 1.60 bits per heavy atom. The fourth-order valence-electron chi connectivity index (χ4n) is 0.871. The Labute approximate surface area is 87.8 Å². The van der Waals surface area contributed by atoms with Gasteiger partial charge in [0, 0.05) is 0 Å². The number of pyridine rings is 1. The predicted octanol–water partition coefficient (Wildman–Crippen LogP) is 2.60. The van der Waals surface area contributed by atoms with Gasteiger partial charge >= 0.3 is 5.97 Å². The summed E-state index contributed by atoms with van der Waals surface area (Å²) in [6.45, 7) is 0. The molecule has 0 aromatic carbocycles. The number of ether oxygens (including phenoxy) is 1. The highest BCUT2D eigenvalue weighted by atomic mass is 35.5. The number of alkyl halides is 2. The van der Waals surface area contributed by atoms with Crippen molar-refractivity contribution in [3.05, 3.63) is 28.3 Å². The average molecular weight is 240 g/mol. The summed E-state index contributed by atoms with van der Waals surface area (Å²) < 4.78 is 41.7. The summed E-state index contributed by atoms with van der Waals surface area (Å²) in [6, 6.07) is 0.828. The first-order valence-corrected chi connectivity index (χ1v) is 4.07. The quantitative estimate of drug-likeness (QED) is 0.745. The summed E-state index contributed by atoms with van der Waals surface area (Å²) in [7, 11) is 1.04. The van der Waals surface area contributed by atoms with Gasteiger partial charge in [-0.25, -0.2) is 22.9 Å². The first-order chi connectivity index (χ1) is 6.97. The van der Waals surface area contributed by atoms with Gasteiger partial charge in [-0.1, -0.05) is 11.6 Å². The van der Waals surface area contributed by atoms with Crippen molar-refractivity contribution < 1.29 is 22.7 Å². The molecule has 0 atom stereocenters. The minimum Gasteiger partial charge on any atom is -0.464 e. The highest BCUT2D eigenvalue weighted by molar-refractivity contribution is 6.31. The molecule has 1 heterocycles. The van der Waals surface area contributed by atoms with E-state index in [0.29, 0.717) is 0 Å². The molecule has 0 fully saturated rings. The number of carbonyl (C=O) groups excluding carboxylic acids is 1. The normalized spacial score (nSPS) is 10.5. The topological polar surface area (TPSA) is 39.2 Å². The molecule has 0 bridgehead atoms. The van der Waals surface area contributed by atoms with E-state index in [4.69, 9.17) is 11.6 Å². The lowest BCUT2D eigenvalue weighted by molar-refractivity contribution is 0.0592. The Bertz CT molecular complexity index is 398. The predicted molar refractivity (Wildman–Crippen MR) is 45.5 cm³/mol. The van der Waals surface area contributed by atoms with E-state index < -0.39 is 34.6 Å². The van der Waals surface area contributed by atoms with Crippen LogP contribution in [0.15, 0.2) is 6.07 Å². The molecule has 0 aliphatic carbocycles. The molecule has 0 amide bonds. The number of hydrogen-bond donors (Lipinski definition) is 0. The summed E-state index contributed by atoms with van der Waals surface area (Å²) in [5.74, 6) is -2.29. The van der Waals surface area contributed by atoms with Gasteiger partial charge in [0.05, 0.1) is 12.1 Å². The van der Waals surface area contributed by atoms with Crippen molar-refractivity contribution in [2.75, 3.05) is 7.11 Å². The molecule has 0 aliphatic rings. The van der Waals surface area contributed by atoms with E-state index in [-0.39, 0.29) is 0 Å². The molecule has 0 unspecified atom stereocenters. The minimum atomic E-state index is -3.15. The standard InChI is InChI=1S/C8H5ClF3NO2/c1-15-8(14)4-2-3(9)5(10)6(13-4)7(11)12/h2,7H,1H3. The number of aromatic nitrogens is 1. The maximum atomic E-state index is 13.0. The van der Waals surface area contributed by atoms with E-state index in [1.807, 2.05) is 0 Å². The van der Waals surface area contributed by atoms with Crippen LogP contribution in [-0.2, 0) is 4.74 Å². The molecule has 0 radical (unpaired) electrons. The summed E-state index contributed by atoms with van der Waals surface area (Å²) >= 11 is 5.31. The third kappa shape index (κ3) is 2.38. The van der Waals surface area contributed by atoms with Crippen LogP contribution in [0.4, 0.5) is 13.2 Å². The molecule has 82 valence electrons. The average Bonchev–Trinajstić information content (AvgIpc) is 2.20. The molecule has 0 spiro atoms. The van der Waals surface area contributed by atoms with Crippen LogP contribution in [0.5, 0.6) is 0 Å². The number of esters is 1. The lowest BCUT2D eigenvalue weighted by Crippen LogP contribution is -2.08. The fraction of sp³-hybridized carbons (Fsp3) is 0.250. The first kappa shape index (κ1) is 11.8. The van der Waals surface area contributed by atoms with Gasteiger partial charge in [-0.15, -0.1) is 0 Å². The van der Waals surface area contributed by atoms with Gasteiger partial charge in [-0.2, -0.15) is 0 Å². The van der Waals surface area contributed by atoms with Gasteiger partial charge in [0.2, 0.25) is 0 Å². The van der Waals surface area contributed by atoms with Gasteiger partial charge in [0.1, 0.15) is 5.69 Å². The van der Waals surface area contributed by atoms with Crippen molar-refractivity contribution in [1.82, 2.24) is 4.98 Å². The number of nitrogens with zero attached hydrogens (tertiary/aromatic N) is 1. The molecule has 1 aromatic rings. The SMILES string of the molecule is COC(=O)c1cc(Cl)c(F)c(C(F)F)n1. The van der Waals surface area contributed by atoms with Crippen molar-refractivity contribution in [1.29, 1.82) is 0 Å². The Balaban J connectivity index is 3.29. The highest BCUT2D eigenvalue weighted by Gasteiger charge is 2.21. The van der Waals surface area contributed by atoms with Crippen LogP contribution in [0.25, 0.3) is 0 Å². The lowest BCUT2D eigenvalue weighted by Gasteiger charge is -2.05. The maximum Gasteiger partial charge on any atom is 0.356 e. The molecule has 1 aromatic heterocycles. The van der Waals surface area contributed by atoms with Crippen molar-refractivity contribution in [2.24, 2.45) is 0 Å². The Kier molecular flexibility index (Phi) is 3.52. The van der Waals surface area contributed by atoms with Crippen molar-refractivity contribution in [3.8, 4) is 0 Å². The monoisotopic (exact) mass is 239 g/mol. The molecule has 3 nitrogen and oxygen atoms in total. The van der Waals surface area contributed by atoms with E-state index in [2.05, 4.69) is 9.72 Å². The van der Waals surface area contributed by atoms with E-state index in [9.17, 15) is 18.0 Å². The van der Waals surface area contributed by atoms with Crippen LogP contribution < -0.4 is 0 Å². The van der Waals surface area contributed by atoms with Crippen molar-refractivity contribution >= 4 is 17.6 Å². The van der Waals surface area contributed by atoms with Crippen molar-refractivity contribution in [2.45, 2.75) is 6.43 Å². The largest absolute Gasteiger partial charge is 0.464 e. The van der Waals surface area contributed by atoms with E-state index >= 15 is 0 Å². The molecule has 7 heteroatoms. The van der Waals surface area contributed by atoms with Crippen LogP contribution in [0.1, 0.15) is 22.6 Å². The van der Waals surface area contributed by atoms with Gasteiger partial charge in [-0.05, 0) is 6.07 Å². The van der Waals surface area contributed by atoms with E-state index in [0.717, 1.165) is 13.2 Å². The number of carbonyl (C=O) groups is 1. The van der Waals surface area contributed by atoms with Crippen LogP contribution >= 0.6 is 11.6 Å². The van der Waals surface area contributed by atoms with E-state index in [1.165, 1.54) is 0 Å². The summed E-state index contributed by atoms with van der Waals surface area (Å²) in [6.07, 6.45) is -3.15. The minimum absolute atomic E-state index is 0.459. The molecule has 0 N–H and O–H groups in total. The Morgan fingerprint density at radius 3 is 2.67 bits per heavy atom. The third-order valence-corrected chi connectivity index (χ3v) is 1.82. The van der Waals surface area contributed by atoms with Gasteiger partial charge in [0.15, 0.2) is 11.5 Å². The lowest BCUT2D eigenvalue weighted by atomic mass is 10.3. The number of halogens is 4. The van der Waals surface area contributed by atoms with Crippen LogP contribution in [0.2, 0.25) is 5.02 Å². The van der Waals surface area contributed by atoms with E-state index in [1.54, 1.807) is 0 Å². The fourth-order valence-corrected chi connectivity index (χ4v) is 1.07. The number of methoxy groups -OCH3 is 1. The number of rotatable bonds is 2.